The molecule has 1 unspecified atom stereocenters. The molecule has 6 heteroatoms. The van der Waals surface area contributed by atoms with Crippen molar-refractivity contribution < 1.29 is 9.32 Å². The van der Waals surface area contributed by atoms with E-state index >= 15 is 0 Å². The molecule has 0 saturated heterocycles. The van der Waals surface area contributed by atoms with E-state index in [2.05, 4.69) is 21.5 Å². The Balaban J connectivity index is 1.64. The van der Waals surface area contributed by atoms with Crippen molar-refractivity contribution in [3.63, 3.8) is 0 Å². The molecule has 0 bridgehead atoms. The Bertz CT molecular complexity index is 889. The van der Waals surface area contributed by atoms with Gasteiger partial charge in [-0.15, -0.1) is 0 Å². The molecular weight excluding hydrogens is 304 g/mol. The predicted octanol–water partition coefficient (Wildman–Crippen LogP) is 2.74. The van der Waals surface area contributed by atoms with Crippen molar-refractivity contribution in [2.45, 2.75) is 18.9 Å². The summed E-state index contributed by atoms with van der Waals surface area (Å²) >= 11 is 0. The molecule has 0 saturated carbocycles. The molecule has 6 nitrogen and oxygen atoms in total. The molecule has 0 spiro atoms. The molecule has 0 radical (unpaired) electrons. The smallest absolute Gasteiger partial charge is 0.259 e. The number of carbonyl (C=O) groups is 1. The number of fused-ring (bicyclic) bond motifs is 1. The zero-order chi connectivity index (χ0) is 16.5. The van der Waals surface area contributed by atoms with E-state index in [0.717, 1.165) is 18.4 Å². The fourth-order valence-electron chi connectivity index (χ4n) is 3.14. The van der Waals surface area contributed by atoms with Gasteiger partial charge < -0.3 is 15.6 Å². The van der Waals surface area contributed by atoms with Gasteiger partial charge in [0.2, 0.25) is 5.88 Å². The average molecular weight is 320 g/mol. The fourth-order valence-corrected chi connectivity index (χ4v) is 3.14. The minimum absolute atomic E-state index is 0.000523. The molecular formula is C18H16N4O2. The van der Waals surface area contributed by atoms with Crippen LogP contribution in [-0.4, -0.2) is 16.0 Å². The Morgan fingerprint density at radius 1 is 1.21 bits per heavy atom. The molecule has 1 amide bonds. The summed E-state index contributed by atoms with van der Waals surface area (Å²) in [5.41, 5.74) is 9.40. The van der Waals surface area contributed by atoms with Crippen LogP contribution in [0, 0.1) is 0 Å². The highest BCUT2D eigenvalue weighted by molar-refractivity contribution is 6.03. The molecule has 3 aromatic rings. The normalized spacial score (nSPS) is 15.9. The van der Waals surface area contributed by atoms with E-state index in [1.807, 2.05) is 24.3 Å². The van der Waals surface area contributed by atoms with Gasteiger partial charge in [0.15, 0.2) is 0 Å². The molecule has 1 aliphatic carbocycles. The SMILES string of the molecule is Nc1onc(-c2ccccn2)c1C(=O)NC1CCc2ccccc21. The third kappa shape index (κ3) is 2.42. The Hall–Kier alpha value is -3.15. The Labute approximate surface area is 138 Å². The van der Waals surface area contributed by atoms with Crippen molar-refractivity contribution in [1.82, 2.24) is 15.5 Å². The number of aromatic nitrogens is 2. The number of hydrogen-bond acceptors (Lipinski definition) is 5. The standard InChI is InChI=1S/C18H16N4O2/c19-17-15(16(22-24-17)14-7-3-4-10-20-14)18(23)21-13-9-8-11-5-1-2-6-12(11)13/h1-7,10,13H,8-9,19H2,(H,21,23). The molecule has 0 fully saturated rings. The second-order valence-electron chi connectivity index (χ2n) is 5.75. The van der Waals surface area contributed by atoms with Gasteiger partial charge in [-0.1, -0.05) is 35.5 Å². The second-order valence-corrected chi connectivity index (χ2v) is 5.75. The quantitative estimate of drug-likeness (QED) is 0.774. The topological polar surface area (TPSA) is 94.0 Å². The Kier molecular flexibility index (Phi) is 3.49. The van der Waals surface area contributed by atoms with Crippen LogP contribution in [0.25, 0.3) is 11.4 Å². The van der Waals surface area contributed by atoms with Crippen LogP contribution in [0.2, 0.25) is 0 Å². The van der Waals surface area contributed by atoms with Crippen LogP contribution in [0.5, 0.6) is 0 Å². The van der Waals surface area contributed by atoms with Gasteiger partial charge in [0.25, 0.3) is 5.91 Å². The first kappa shape index (κ1) is 14.4. The van der Waals surface area contributed by atoms with Crippen LogP contribution in [0.3, 0.4) is 0 Å². The minimum Gasteiger partial charge on any atom is -0.367 e. The molecule has 0 aliphatic heterocycles. The first-order chi connectivity index (χ1) is 11.7. The zero-order valence-corrected chi connectivity index (χ0v) is 12.9. The molecule has 2 aromatic heterocycles. The number of anilines is 1. The van der Waals surface area contributed by atoms with Gasteiger partial charge in [0.05, 0.1) is 11.7 Å². The fraction of sp³-hybridized carbons (Fsp3) is 0.167. The Morgan fingerprint density at radius 3 is 2.88 bits per heavy atom. The minimum atomic E-state index is -0.295. The number of hydrogen-bond donors (Lipinski definition) is 2. The van der Waals surface area contributed by atoms with Crippen molar-refractivity contribution >= 4 is 11.8 Å². The summed E-state index contributed by atoms with van der Waals surface area (Å²) in [4.78, 5) is 17.0. The van der Waals surface area contributed by atoms with Crippen LogP contribution in [0.4, 0.5) is 5.88 Å². The summed E-state index contributed by atoms with van der Waals surface area (Å²) in [5.74, 6) is -0.296. The number of carbonyl (C=O) groups excluding carboxylic acids is 1. The molecule has 2 heterocycles. The summed E-state index contributed by atoms with van der Waals surface area (Å²) in [7, 11) is 0. The van der Waals surface area contributed by atoms with E-state index in [1.54, 1.807) is 18.3 Å². The van der Waals surface area contributed by atoms with Crippen LogP contribution in [-0.2, 0) is 6.42 Å². The van der Waals surface area contributed by atoms with Crippen molar-refractivity contribution in [3.05, 3.63) is 65.4 Å². The molecule has 3 N–H and O–H groups in total. The van der Waals surface area contributed by atoms with Gasteiger partial charge in [0.1, 0.15) is 11.3 Å². The van der Waals surface area contributed by atoms with Crippen LogP contribution >= 0.6 is 0 Å². The average Bonchev–Trinajstić information content (AvgIpc) is 3.20. The first-order valence-electron chi connectivity index (χ1n) is 7.79. The summed E-state index contributed by atoms with van der Waals surface area (Å²) < 4.78 is 5.03. The number of pyridine rings is 1. The maximum atomic E-state index is 12.8. The monoisotopic (exact) mass is 320 g/mol. The lowest BCUT2D eigenvalue weighted by Crippen LogP contribution is -2.28. The van der Waals surface area contributed by atoms with Crippen LogP contribution < -0.4 is 11.1 Å². The largest absolute Gasteiger partial charge is 0.367 e. The maximum Gasteiger partial charge on any atom is 0.259 e. The van der Waals surface area contributed by atoms with Gasteiger partial charge >= 0.3 is 0 Å². The van der Waals surface area contributed by atoms with Crippen molar-refractivity contribution in [2.75, 3.05) is 5.73 Å². The maximum absolute atomic E-state index is 12.8. The number of nitrogen functional groups attached to an aromatic ring is 1. The third-order valence-corrected chi connectivity index (χ3v) is 4.29. The van der Waals surface area contributed by atoms with E-state index in [4.69, 9.17) is 10.3 Å². The highest BCUT2D eigenvalue weighted by atomic mass is 16.5. The summed E-state index contributed by atoms with van der Waals surface area (Å²) in [6, 6.07) is 13.5. The third-order valence-electron chi connectivity index (χ3n) is 4.29. The lowest BCUT2D eigenvalue weighted by atomic mass is 10.1. The predicted molar refractivity (Wildman–Crippen MR) is 89.1 cm³/mol. The zero-order valence-electron chi connectivity index (χ0n) is 12.9. The van der Waals surface area contributed by atoms with Gasteiger partial charge in [-0.2, -0.15) is 0 Å². The molecule has 1 atom stereocenters. The lowest BCUT2D eigenvalue weighted by Gasteiger charge is -2.14. The van der Waals surface area contributed by atoms with E-state index in [-0.39, 0.29) is 23.4 Å². The number of nitrogens with zero attached hydrogens (tertiary/aromatic N) is 2. The van der Waals surface area contributed by atoms with E-state index in [0.29, 0.717) is 11.4 Å². The van der Waals surface area contributed by atoms with Gasteiger partial charge in [-0.25, -0.2) is 0 Å². The molecule has 4 rings (SSSR count). The van der Waals surface area contributed by atoms with Crippen molar-refractivity contribution in [1.29, 1.82) is 0 Å². The molecule has 120 valence electrons. The number of aryl methyl sites for hydroxylation is 1. The second kappa shape index (κ2) is 5.81. The van der Waals surface area contributed by atoms with Gasteiger partial charge in [0, 0.05) is 6.20 Å². The van der Waals surface area contributed by atoms with Gasteiger partial charge in [-0.3, -0.25) is 9.78 Å². The highest BCUT2D eigenvalue weighted by Gasteiger charge is 2.28. The number of nitrogens with two attached hydrogens (primary N) is 1. The Morgan fingerprint density at radius 2 is 2.04 bits per heavy atom. The van der Waals surface area contributed by atoms with E-state index < -0.39 is 0 Å². The summed E-state index contributed by atoms with van der Waals surface area (Å²) in [6.45, 7) is 0. The van der Waals surface area contributed by atoms with E-state index in [9.17, 15) is 4.79 Å². The molecule has 1 aromatic carbocycles. The van der Waals surface area contributed by atoms with E-state index in [1.165, 1.54) is 5.56 Å². The van der Waals surface area contributed by atoms with Crippen molar-refractivity contribution in [3.8, 4) is 11.4 Å². The number of benzene rings is 1. The molecule has 1 aliphatic rings. The first-order valence-corrected chi connectivity index (χ1v) is 7.79. The van der Waals surface area contributed by atoms with Crippen LogP contribution in [0.1, 0.15) is 33.9 Å². The van der Waals surface area contributed by atoms with Crippen LogP contribution in [0.15, 0.2) is 53.2 Å². The number of amides is 1. The number of rotatable bonds is 3. The summed E-state index contributed by atoms with van der Waals surface area (Å²) in [5, 5.41) is 6.94. The molecule has 24 heavy (non-hydrogen) atoms. The summed E-state index contributed by atoms with van der Waals surface area (Å²) in [6.07, 6.45) is 3.46. The van der Waals surface area contributed by atoms with Crippen molar-refractivity contribution in [2.24, 2.45) is 0 Å². The highest BCUT2D eigenvalue weighted by Crippen LogP contribution is 2.32. The number of nitrogens with one attached hydrogen (secondary N) is 1. The van der Waals surface area contributed by atoms with Gasteiger partial charge in [-0.05, 0) is 36.1 Å². The lowest BCUT2D eigenvalue weighted by molar-refractivity contribution is 0.0938.